The monoisotopic (exact) mass is 274 g/mol. The lowest BCUT2D eigenvalue weighted by Gasteiger charge is -2.18. The second-order valence-electron chi connectivity index (χ2n) is 5.88. The van der Waals surface area contributed by atoms with Gasteiger partial charge in [0.05, 0.1) is 13.0 Å². The highest BCUT2D eigenvalue weighted by Gasteiger charge is 2.42. The molecule has 108 valence electrons. The number of benzene rings is 1. The number of rotatable bonds is 4. The van der Waals surface area contributed by atoms with E-state index >= 15 is 0 Å². The number of amides is 1. The summed E-state index contributed by atoms with van der Waals surface area (Å²) in [7, 11) is 0. The Morgan fingerprint density at radius 2 is 2.05 bits per heavy atom. The van der Waals surface area contributed by atoms with Crippen LogP contribution in [0.4, 0.5) is 0 Å². The van der Waals surface area contributed by atoms with Crippen LogP contribution >= 0.6 is 0 Å². The smallest absolute Gasteiger partial charge is 0.226 e. The number of hydrogen-bond acceptors (Lipinski definition) is 3. The summed E-state index contributed by atoms with van der Waals surface area (Å²) in [4.78, 5) is 14.2. The summed E-state index contributed by atoms with van der Waals surface area (Å²) in [5.41, 5.74) is 6.10. The van der Waals surface area contributed by atoms with Gasteiger partial charge in [-0.1, -0.05) is 18.2 Å². The molecule has 1 aromatic rings. The molecule has 4 heteroatoms. The van der Waals surface area contributed by atoms with Crippen molar-refractivity contribution in [1.29, 1.82) is 0 Å². The Kier molecular flexibility index (Phi) is 3.92. The molecule has 3 rings (SSSR count). The molecule has 1 heterocycles. The van der Waals surface area contributed by atoms with Crippen LogP contribution in [0.5, 0.6) is 5.75 Å². The van der Waals surface area contributed by atoms with Gasteiger partial charge in [0.1, 0.15) is 5.75 Å². The normalized spacial score (nSPS) is 28.4. The molecular weight excluding hydrogens is 252 g/mol. The molecule has 2 aliphatic rings. The van der Waals surface area contributed by atoms with Crippen molar-refractivity contribution in [3.8, 4) is 5.75 Å². The third-order valence-corrected chi connectivity index (χ3v) is 4.59. The van der Waals surface area contributed by atoms with Crippen LogP contribution in [-0.4, -0.2) is 36.5 Å². The van der Waals surface area contributed by atoms with E-state index < -0.39 is 0 Å². The zero-order valence-corrected chi connectivity index (χ0v) is 11.7. The van der Waals surface area contributed by atoms with Crippen molar-refractivity contribution in [2.24, 2.45) is 17.6 Å². The van der Waals surface area contributed by atoms with E-state index in [1.165, 1.54) is 6.42 Å². The van der Waals surface area contributed by atoms with Crippen molar-refractivity contribution in [3.63, 3.8) is 0 Å². The second kappa shape index (κ2) is 5.83. The molecule has 0 spiro atoms. The third kappa shape index (κ3) is 2.80. The number of carbonyl (C=O) groups excluding carboxylic acids is 1. The zero-order chi connectivity index (χ0) is 13.9. The Labute approximate surface area is 119 Å². The highest BCUT2D eigenvalue weighted by molar-refractivity contribution is 5.76. The Morgan fingerprint density at radius 1 is 1.25 bits per heavy atom. The van der Waals surface area contributed by atoms with Crippen molar-refractivity contribution in [1.82, 2.24) is 4.90 Å². The summed E-state index contributed by atoms with van der Waals surface area (Å²) < 4.78 is 5.58. The predicted octanol–water partition coefficient (Wildman–Crippen LogP) is 1.65. The predicted molar refractivity (Wildman–Crippen MR) is 77.3 cm³/mol. The average molecular weight is 274 g/mol. The Bertz CT molecular complexity index is 463. The van der Waals surface area contributed by atoms with Crippen LogP contribution in [0.15, 0.2) is 30.3 Å². The fourth-order valence-electron chi connectivity index (χ4n) is 3.44. The number of fused-ring (bicyclic) bond motifs is 1. The van der Waals surface area contributed by atoms with Gasteiger partial charge in [-0.3, -0.25) is 4.79 Å². The van der Waals surface area contributed by atoms with E-state index in [0.717, 1.165) is 25.3 Å². The van der Waals surface area contributed by atoms with E-state index in [2.05, 4.69) is 0 Å². The number of ether oxygens (including phenoxy) is 1. The minimum absolute atomic E-state index is 0.197. The lowest BCUT2D eigenvalue weighted by Crippen LogP contribution is -2.34. The molecule has 1 aliphatic carbocycles. The van der Waals surface area contributed by atoms with Gasteiger partial charge in [0, 0.05) is 19.1 Å². The quantitative estimate of drug-likeness (QED) is 0.908. The van der Waals surface area contributed by atoms with Crippen molar-refractivity contribution >= 4 is 5.91 Å². The number of carbonyl (C=O) groups is 1. The SMILES string of the molecule is NC1CCC2CN(C(=O)CCOc3ccccc3)CC12. The lowest BCUT2D eigenvalue weighted by molar-refractivity contribution is -0.131. The largest absolute Gasteiger partial charge is 0.493 e. The fourth-order valence-corrected chi connectivity index (χ4v) is 3.44. The number of para-hydroxylation sites is 1. The molecule has 0 bridgehead atoms. The molecule has 1 aromatic carbocycles. The van der Waals surface area contributed by atoms with Crippen LogP contribution in [0.3, 0.4) is 0 Å². The summed E-state index contributed by atoms with van der Waals surface area (Å²) in [5.74, 6) is 2.17. The highest BCUT2D eigenvalue weighted by atomic mass is 16.5. The maximum absolute atomic E-state index is 12.2. The van der Waals surface area contributed by atoms with Gasteiger partial charge >= 0.3 is 0 Å². The zero-order valence-electron chi connectivity index (χ0n) is 11.7. The fraction of sp³-hybridized carbons (Fsp3) is 0.562. The molecule has 1 saturated heterocycles. The number of nitrogens with zero attached hydrogens (tertiary/aromatic N) is 1. The maximum Gasteiger partial charge on any atom is 0.226 e. The molecule has 0 radical (unpaired) electrons. The average Bonchev–Trinajstić information content (AvgIpc) is 3.03. The third-order valence-electron chi connectivity index (χ3n) is 4.59. The number of hydrogen-bond donors (Lipinski definition) is 1. The summed E-state index contributed by atoms with van der Waals surface area (Å²) in [6.45, 7) is 2.18. The van der Waals surface area contributed by atoms with Crippen molar-refractivity contribution < 1.29 is 9.53 Å². The van der Waals surface area contributed by atoms with Crippen LogP contribution in [-0.2, 0) is 4.79 Å². The molecule has 2 fully saturated rings. The molecule has 1 amide bonds. The van der Waals surface area contributed by atoms with Crippen molar-refractivity contribution in [2.45, 2.75) is 25.3 Å². The molecular formula is C16H22N2O2. The van der Waals surface area contributed by atoms with Crippen LogP contribution in [0, 0.1) is 11.8 Å². The molecule has 1 aliphatic heterocycles. The van der Waals surface area contributed by atoms with Gasteiger partial charge in [0.2, 0.25) is 5.91 Å². The Hall–Kier alpha value is -1.55. The van der Waals surface area contributed by atoms with E-state index in [0.29, 0.717) is 30.9 Å². The van der Waals surface area contributed by atoms with Crippen LogP contribution in [0.25, 0.3) is 0 Å². The van der Waals surface area contributed by atoms with Crippen LogP contribution in [0.2, 0.25) is 0 Å². The van der Waals surface area contributed by atoms with E-state index in [1.54, 1.807) is 0 Å². The van der Waals surface area contributed by atoms with E-state index in [-0.39, 0.29) is 5.91 Å². The van der Waals surface area contributed by atoms with Gasteiger partial charge in [-0.25, -0.2) is 0 Å². The first-order valence-corrected chi connectivity index (χ1v) is 7.45. The van der Waals surface area contributed by atoms with Gasteiger partial charge in [-0.15, -0.1) is 0 Å². The Balaban J connectivity index is 1.44. The standard InChI is InChI=1S/C16H22N2O2/c17-15-7-6-12-10-18(11-14(12)15)16(19)8-9-20-13-4-2-1-3-5-13/h1-5,12,14-15H,6-11,17H2. The summed E-state index contributed by atoms with van der Waals surface area (Å²) in [6.07, 6.45) is 2.74. The highest BCUT2D eigenvalue weighted by Crippen LogP contribution is 2.37. The lowest BCUT2D eigenvalue weighted by atomic mass is 9.98. The summed E-state index contributed by atoms with van der Waals surface area (Å²) >= 11 is 0. The minimum Gasteiger partial charge on any atom is -0.493 e. The molecule has 2 N–H and O–H groups in total. The molecule has 20 heavy (non-hydrogen) atoms. The first kappa shape index (κ1) is 13.4. The van der Waals surface area contributed by atoms with Gasteiger partial charge in [0.15, 0.2) is 0 Å². The summed E-state index contributed by atoms with van der Waals surface area (Å²) in [6, 6.07) is 9.91. The van der Waals surface area contributed by atoms with Crippen LogP contribution < -0.4 is 10.5 Å². The molecule has 4 nitrogen and oxygen atoms in total. The molecule has 1 saturated carbocycles. The molecule has 3 unspecified atom stereocenters. The van der Waals surface area contributed by atoms with Gasteiger partial charge in [-0.2, -0.15) is 0 Å². The second-order valence-corrected chi connectivity index (χ2v) is 5.88. The van der Waals surface area contributed by atoms with Gasteiger partial charge in [0.25, 0.3) is 0 Å². The molecule has 0 aromatic heterocycles. The maximum atomic E-state index is 12.2. The van der Waals surface area contributed by atoms with E-state index in [1.807, 2.05) is 35.2 Å². The number of likely N-dealkylation sites (tertiary alicyclic amines) is 1. The molecule has 3 atom stereocenters. The van der Waals surface area contributed by atoms with E-state index in [9.17, 15) is 4.79 Å². The minimum atomic E-state index is 0.197. The van der Waals surface area contributed by atoms with Crippen molar-refractivity contribution in [2.75, 3.05) is 19.7 Å². The first-order valence-electron chi connectivity index (χ1n) is 7.45. The first-order chi connectivity index (χ1) is 9.74. The Morgan fingerprint density at radius 3 is 2.80 bits per heavy atom. The van der Waals surface area contributed by atoms with Crippen LogP contribution in [0.1, 0.15) is 19.3 Å². The van der Waals surface area contributed by atoms with Gasteiger partial charge < -0.3 is 15.4 Å². The van der Waals surface area contributed by atoms with E-state index in [4.69, 9.17) is 10.5 Å². The topological polar surface area (TPSA) is 55.6 Å². The van der Waals surface area contributed by atoms with Crippen molar-refractivity contribution in [3.05, 3.63) is 30.3 Å². The summed E-state index contributed by atoms with van der Waals surface area (Å²) in [5, 5.41) is 0. The van der Waals surface area contributed by atoms with Gasteiger partial charge in [-0.05, 0) is 36.8 Å². The number of nitrogens with two attached hydrogens (primary N) is 1.